The molecule has 0 bridgehead atoms. The van der Waals surface area contributed by atoms with Gasteiger partial charge in [0.2, 0.25) is 0 Å². The molecule has 1 saturated carbocycles. The van der Waals surface area contributed by atoms with E-state index in [1.54, 1.807) is 6.07 Å². The van der Waals surface area contributed by atoms with Crippen LogP contribution in [-0.2, 0) is 0 Å². The fourth-order valence-electron chi connectivity index (χ4n) is 1.91. The molecule has 1 fully saturated rings. The molecule has 0 radical (unpaired) electrons. The highest BCUT2D eigenvalue weighted by Crippen LogP contribution is 2.31. The number of amides is 1. The van der Waals surface area contributed by atoms with Gasteiger partial charge in [0, 0.05) is 0 Å². The second-order valence-corrected chi connectivity index (χ2v) is 5.20. The Morgan fingerprint density at radius 3 is 2.76 bits per heavy atom. The van der Waals surface area contributed by atoms with Crippen LogP contribution in [-0.4, -0.2) is 23.2 Å². The lowest BCUT2D eigenvalue weighted by Gasteiger charge is -2.40. The summed E-state index contributed by atoms with van der Waals surface area (Å²) in [6.45, 7) is -0.103. The van der Waals surface area contributed by atoms with Crippen LogP contribution in [0.2, 0.25) is 0 Å². The molecule has 0 spiro atoms. The SMILES string of the molecule is O=C(NC1(CO)CCC1)c1cccc(Br)c1F. The maximum atomic E-state index is 13.7. The van der Waals surface area contributed by atoms with Crippen molar-refractivity contribution in [2.75, 3.05) is 6.61 Å². The topological polar surface area (TPSA) is 49.3 Å². The van der Waals surface area contributed by atoms with Crippen molar-refractivity contribution in [2.24, 2.45) is 0 Å². The van der Waals surface area contributed by atoms with Gasteiger partial charge in [0.25, 0.3) is 5.91 Å². The normalized spacial score (nSPS) is 17.4. The Morgan fingerprint density at radius 1 is 1.53 bits per heavy atom. The Kier molecular flexibility index (Phi) is 3.49. The van der Waals surface area contributed by atoms with Crippen molar-refractivity contribution in [3.05, 3.63) is 34.1 Å². The smallest absolute Gasteiger partial charge is 0.254 e. The molecule has 1 aliphatic rings. The summed E-state index contributed by atoms with van der Waals surface area (Å²) >= 11 is 3.04. The van der Waals surface area contributed by atoms with Crippen LogP contribution in [0.25, 0.3) is 0 Å². The number of nitrogens with one attached hydrogen (secondary N) is 1. The van der Waals surface area contributed by atoms with E-state index < -0.39 is 17.3 Å². The van der Waals surface area contributed by atoms with Gasteiger partial charge in [-0.05, 0) is 47.3 Å². The van der Waals surface area contributed by atoms with Crippen LogP contribution in [0.15, 0.2) is 22.7 Å². The van der Waals surface area contributed by atoms with E-state index in [0.29, 0.717) is 0 Å². The first-order chi connectivity index (χ1) is 8.08. The molecule has 1 amide bonds. The molecule has 2 rings (SSSR count). The molecule has 0 aliphatic heterocycles. The first-order valence-corrected chi connectivity index (χ1v) is 6.25. The minimum Gasteiger partial charge on any atom is -0.394 e. The molecule has 0 atom stereocenters. The lowest BCUT2D eigenvalue weighted by Crippen LogP contribution is -2.56. The van der Waals surface area contributed by atoms with Gasteiger partial charge in [-0.25, -0.2) is 4.39 Å². The summed E-state index contributed by atoms with van der Waals surface area (Å²) in [7, 11) is 0. The molecule has 3 nitrogen and oxygen atoms in total. The molecule has 5 heteroatoms. The molecule has 1 aromatic carbocycles. The second-order valence-electron chi connectivity index (χ2n) is 4.35. The van der Waals surface area contributed by atoms with Gasteiger partial charge in [0.1, 0.15) is 5.82 Å². The van der Waals surface area contributed by atoms with Crippen LogP contribution in [0.1, 0.15) is 29.6 Å². The minimum absolute atomic E-state index is 0.000833. The van der Waals surface area contributed by atoms with Crippen LogP contribution in [0.5, 0.6) is 0 Å². The number of carbonyl (C=O) groups is 1. The highest BCUT2D eigenvalue weighted by molar-refractivity contribution is 9.10. The van der Waals surface area contributed by atoms with E-state index in [1.807, 2.05) is 0 Å². The third kappa shape index (κ3) is 2.35. The van der Waals surface area contributed by atoms with Gasteiger partial charge in [-0.15, -0.1) is 0 Å². The number of aliphatic hydroxyl groups is 1. The zero-order valence-electron chi connectivity index (χ0n) is 9.17. The third-order valence-corrected chi connectivity index (χ3v) is 3.80. The predicted octanol–water partition coefficient (Wildman–Crippen LogP) is 2.23. The monoisotopic (exact) mass is 301 g/mol. The van der Waals surface area contributed by atoms with Crippen LogP contribution in [0.4, 0.5) is 4.39 Å². The standard InChI is InChI=1S/C12H13BrFNO2/c13-9-4-1-3-8(10(9)14)11(17)15-12(7-16)5-2-6-12/h1,3-4,16H,2,5-7H2,(H,15,17). The number of carbonyl (C=O) groups excluding carboxylic acids is 1. The molecular weight excluding hydrogens is 289 g/mol. The summed E-state index contributed by atoms with van der Waals surface area (Å²) in [6.07, 6.45) is 2.46. The fraction of sp³-hybridized carbons (Fsp3) is 0.417. The molecule has 92 valence electrons. The molecular formula is C12H13BrFNO2. The largest absolute Gasteiger partial charge is 0.394 e. The van der Waals surface area contributed by atoms with Crippen molar-refractivity contribution < 1.29 is 14.3 Å². The van der Waals surface area contributed by atoms with Crippen molar-refractivity contribution in [1.29, 1.82) is 0 Å². The average Bonchev–Trinajstić information content (AvgIpc) is 2.27. The van der Waals surface area contributed by atoms with Crippen molar-refractivity contribution >= 4 is 21.8 Å². The highest BCUT2D eigenvalue weighted by Gasteiger charge is 2.38. The summed E-state index contributed by atoms with van der Waals surface area (Å²) in [5.41, 5.74) is -0.551. The fourth-order valence-corrected chi connectivity index (χ4v) is 2.28. The van der Waals surface area contributed by atoms with Crippen LogP contribution in [0, 0.1) is 5.82 Å². The Hall–Kier alpha value is -0.940. The van der Waals surface area contributed by atoms with Crippen LogP contribution in [0.3, 0.4) is 0 Å². The Bertz CT molecular complexity index is 441. The van der Waals surface area contributed by atoms with E-state index in [4.69, 9.17) is 0 Å². The average molecular weight is 302 g/mol. The third-order valence-electron chi connectivity index (χ3n) is 3.19. The quantitative estimate of drug-likeness (QED) is 0.899. The molecule has 1 aromatic rings. The number of rotatable bonds is 3. The number of halogens is 2. The molecule has 1 aliphatic carbocycles. The molecule has 0 heterocycles. The highest BCUT2D eigenvalue weighted by atomic mass is 79.9. The maximum Gasteiger partial charge on any atom is 0.254 e. The van der Waals surface area contributed by atoms with Crippen molar-refractivity contribution in [1.82, 2.24) is 5.32 Å². The van der Waals surface area contributed by atoms with Gasteiger partial charge in [0.15, 0.2) is 0 Å². The van der Waals surface area contributed by atoms with Crippen LogP contribution >= 0.6 is 15.9 Å². The minimum atomic E-state index is -0.572. The molecule has 0 aromatic heterocycles. The number of aliphatic hydroxyl groups excluding tert-OH is 1. The van der Waals surface area contributed by atoms with Gasteiger partial charge >= 0.3 is 0 Å². The summed E-state index contributed by atoms with van der Waals surface area (Å²) < 4.78 is 13.9. The molecule has 0 saturated heterocycles. The molecule has 17 heavy (non-hydrogen) atoms. The Labute approximate surface area is 107 Å². The number of hydrogen-bond donors (Lipinski definition) is 2. The first kappa shape index (κ1) is 12.5. The zero-order valence-corrected chi connectivity index (χ0v) is 10.8. The van der Waals surface area contributed by atoms with Gasteiger partial charge < -0.3 is 10.4 Å². The van der Waals surface area contributed by atoms with Crippen molar-refractivity contribution in [3.8, 4) is 0 Å². The van der Waals surface area contributed by atoms with E-state index in [0.717, 1.165) is 19.3 Å². The maximum absolute atomic E-state index is 13.7. The number of hydrogen-bond acceptors (Lipinski definition) is 2. The van der Waals surface area contributed by atoms with E-state index in [-0.39, 0.29) is 16.6 Å². The van der Waals surface area contributed by atoms with Gasteiger partial charge in [-0.2, -0.15) is 0 Å². The molecule has 2 N–H and O–H groups in total. The van der Waals surface area contributed by atoms with E-state index in [2.05, 4.69) is 21.2 Å². The van der Waals surface area contributed by atoms with E-state index in [1.165, 1.54) is 12.1 Å². The van der Waals surface area contributed by atoms with E-state index in [9.17, 15) is 14.3 Å². The van der Waals surface area contributed by atoms with Gasteiger partial charge in [0.05, 0.1) is 22.2 Å². The first-order valence-electron chi connectivity index (χ1n) is 5.45. The summed E-state index contributed by atoms with van der Waals surface area (Å²) in [4.78, 5) is 11.9. The second kappa shape index (κ2) is 4.74. The van der Waals surface area contributed by atoms with Crippen molar-refractivity contribution in [3.63, 3.8) is 0 Å². The lowest BCUT2D eigenvalue weighted by atomic mass is 9.77. The summed E-state index contributed by atoms with van der Waals surface area (Å²) in [6, 6.07) is 4.57. The van der Waals surface area contributed by atoms with Gasteiger partial charge in [-0.1, -0.05) is 6.07 Å². The predicted molar refractivity (Wildman–Crippen MR) is 65.2 cm³/mol. The Morgan fingerprint density at radius 2 is 2.24 bits per heavy atom. The molecule has 0 unspecified atom stereocenters. The lowest BCUT2D eigenvalue weighted by molar-refractivity contribution is 0.0638. The zero-order chi connectivity index (χ0) is 12.5. The number of benzene rings is 1. The Balaban J connectivity index is 2.17. The van der Waals surface area contributed by atoms with Crippen molar-refractivity contribution in [2.45, 2.75) is 24.8 Å². The summed E-state index contributed by atoms with van der Waals surface area (Å²) in [5.74, 6) is -1.05. The van der Waals surface area contributed by atoms with Crippen LogP contribution < -0.4 is 5.32 Å². The van der Waals surface area contributed by atoms with E-state index >= 15 is 0 Å². The summed E-state index contributed by atoms with van der Waals surface area (Å²) in [5, 5.41) is 12.0. The van der Waals surface area contributed by atoms with Gasteiger partial charge in [-0.3, -0.25) is 4.79 Å².